The number of hydrogen-bond donors (Lipinski definition) is 0. The highest BCUT2D eigenvalue weighted by molar-refractivity contribution is 5.13. The summed E-state index contributed by atoms with van der Waals surface area (Å²) < 4.78 is 16.8. The molecular weight excluding hydrogens is 228 g/mol. The van der Waals surface area contributed by atoms with Gasteiger partial charge in [-0.3, -0.25) is 0 Å². The summed E-state index contributed by atoms with van der Waals surface area (Å²) in [6, 6.07) is 10.1. The van der Waals surface area contributed by atoms with Crippen LogP contribution in [0, 0.1) is 0 Å². The van der Waals surface area contributed by atoms with Crippen molar-refractivity contribution in [3.63, 3.8) is 0 Å². The van der Waals surface area contributed by atoms with Gasteiger partial charge in [-0.25, -0.2) is 0 Å². The van der Waals surface area contributed by atoms with E-state index in [1.54, 1.807) is 7.11 Å². The van der Waals surface area contributed by atoms with Gasteiger partial charge in [-0.2, -0.15) is 0 Å². The van der Waals surface area contributed by atoms with Crippen LogP contribution in [0.2, 0.25) is 0 Å². The van der Waals surface area contributed by atoms with E-state index in [2.05, 4.69) is 6.58 Å². The summed E-state index contributed by atoms with van der Waals surface area (Å²) in [7, 11) is 1.66. The zero-order valence-electron chi connectivity index (χ0n) is 10.8. The fraction of sp³-hybridized carbons (Fsp3) is 0.467. The molecule has 1 fully saturated rings. The highest BCUT2D eigenvalue weighted by Gasteiger charge is 2.38. The molecule has 18 heavy (non-hydrogen) atoms. The average molecular weight is 248 g/mol. The van der Waals surface area contributed by atoms with E-state index in [4.69, 9.17) is 14.2 Å². The first-order chi connectivity index (χ1) is 8.78. The molecule has 0 bridgehead atoms. The highest BCUT2D eigenvalue weighted by Crippen LogP contribution is 2.32. The summed E-state index contributed by atoms with van der Waals surface area (Å²) in [5.41, 5.74) is 0.771. The first-order valence-corrected chi connectivity index (χ1v) is 6.24. The van der Waals surface area contributed by atoms with Gasteiger partial charge < -0.3 is 14.2 Å². The summed E-state index contributed by atoms with van der Waals surface area (Å²) in [6.45, 7) is 4.96. The first-order valence-electron chi connectivity index (χ1n) is 6.24. The number of benzene rings is 1. The van der Waals surface area contributed by atoms with Crippen LogP contribution in [0.3, 0.4) is 0 Å². The lowest BCUT2D eigenvalue weighted by Crippen LogP contribution is -2.32. The molecule has 1 aliphatic rings. The van der Waals surface area contributed by atoms with Gasteiger partial charge in [0.15, 0.2) is 6.29 Å². The molecule has 1 heterocycles. The molecule has 1 aromatic carbocycles. The summed E-state index contributed by atoms with van der Waals surface area (Å²) in [6.07, 6.45) is 3.47. The minimum absolute atomic E-state index is 0.136. The second kappa shape index (κ2) is 6.14. The third-order valence-corrected chi connectivity index (χ3v) is 3.26. The van der Waals surface area contributed by atoms with Crippen LogP contribution >= 0.6 is 0 Å². The van der Waals surface area contributed by atoms with Gasteiger partial charge in [0.2, 0.25) is 0 Å². The van der Waals surface area contributed by atoms with Crippen LogP contribution < -0.4 is 0 Å². The molecule has 0 unspecified atom stereocenters. The van der Waals surface area contributed by atoms with Crippen LogP contribution in [0.5, 0.6) is 0 Å². The van der Waals surface area contributed by atoms with E-state index in [-0.39, 0.29) is 6.29 Å². The minimum atomic E-state index is -0.393. The lowest BCUT2D eigenvalue weighted by molar-refractivity contribution is -0.156. The zero-order valence-corrected chi connectivity index (χ0v) is 10.8. The quantitative estimate of drug-likeness (QED) is 0.724. The second-order valence-electron chi connectivity index (χ2n) is 4.57. The van der Waals surface area contributed by atoms with Gasteiger partial charge >= 0.3 is 0 Å². The Hall–Kier alpha value is -1.16. The van der Waals surface area contributed by atoms with Gasteiger partial charge in [-0.15, -0.1) is 6.58 Å². The molecule has 3 nitrogen and oxygen atoms in total. The fourth-order valence-corrected chi connectivity index (χ4v) is 2.14. The molecule has 98 valence electrons. The predicted octanol–water partition coefficient (Wildman–Crippen LogP) is 2.91. The maximum Gasteiger partial charge on any atom is 0.158 e. The Morgan fingerprint density at radius 3 is 2.83 bits per heavy atom. The van der Waals surface area contributed by atoms with Crippen molar-refractivity contribution in [1.29, 1.82) is 0 Å². The number of ether oxygens (including phenoxy) is 3. The summed E-state index contributed by atoms with van der Waals surface area (Å²) in [4.78, 5) is 0. The van der Waals surface area contributed by atoms with Gasteiger partial charge in [0.25, 0.3) is 0 Å². The number of methoxy groups -OCH3 is 1. The van der Waals surface area contributed by atoms with E-state index >= 15 is 0 Å². The Morgan fingerprint density at radius 1 is 1.44 bits per heavy atom. The average Bonchev–Trinajstić information content (AvgIpc) is 2.84. The molecule has 1 aliphatic heterocycles. The SMILES string of the molecule is C=C[C@]1(COCc2ccccc2)CC[C@H](OC)O1. The summed E-state index contributed by atoms with van der Waals surface area (Å²) >= 11 is 0. The molecule has 0 radical (unpaired) electrons. The Kier molecular flexibility index (Phi) is 4.53. The molecule has 2 rings (SSSR count). The number of rotatable bonds is 6. The van der Waals surface area contributed by atoms with E-state index < -0.39 is 5.60 Å². The molecule has 0 amide bonds. The second-order valence-corrected chi connectivity index (χ2v) is 4.57. The van der Waals surface area contributed by atoms with Crippen molar-refractivity contribution in [1.82, 2.24) is 0 Å². The fourth-order valence-electron chi connectivity index (χ4n) is 2.14. The lowest BCUT2D eigenvalue weighted by atomic mass is 10.0. The first kappa shape index (κ1) is 13.3. The van der Waals surface area contributed by atoms with Crippen LogP contribution in [0.1, 0.15) is 18.4 Å². The van der Waals surface area contributed by atoms with Gasteiger partial charge in [0, 0.05) is 13.5 Å². The molecule has 1 saturated heterocycles. The van der Waals surface area contributed by atoms with Crippen molar-refractivity contribution in [2.75, 3.05) is 13.7 Å². The van der Waals surface area contributed by atoms with Crippen LogP contribution in [0.4, 0.5) is 0 Å². The topological polar surface area (TPSA) is 27.7 Å². The molecule has 0 aromatic heterocycles. The molecule has 1 aromatic rings. The minimum Gasteiger partial charge on any atom is -0.373 e. The van der Waals surface area contributed by atoms with Crippen LogP contribution in [0.15, 0.2) is 43.0 Å². The zero-order chi connectivity index (χ0) is 12.8. The largest absolute Gasteiger partial charge is 0.373 e. The number of hydrogen-bond acceptors (Lipinski definition) is 3. The van der Waals surface area contributed by atoms with Crippen molar-refractivity contribution in [2.45, 2.75) is 31.3 Å². The maximum atomic E-state index is 5.82. The van der Waals surface area contributed by atoms with Gasteiger partial charge in [0.1, 0.15) is 5.60 Å². The third-order valence-electron chi connectivity index (χ3n) is 3.26. The normalized spacial score (nSPS) is 27.3. The van der Waals surface area contributed by atoms with E-state index in [1.807, 2.05) is 36.4 Å². The molecule has 3 heteroatoms. The Balaban J connectivity index is 1.83. The summed E-state index contributed by atoms with van der Waals surface area (Å²) in [5.74, 6) is 0. The molecule has 0 N–H and O–H groups in total. The Bertz CT molecular complexity index is 377. The van der Waals surface area contributed by atoms with Crippen molar-refractivity contribution in [3.8, 4) is 0 Å². The van der Waals surface area contributed by atoms with Crippen molar-refractivity contribution in [2.24, 2.45) is 0 Å². The Morgan fingerprint density at radius 2 is 2.22 bits per heavy atom. The molecule has 0 saturated carbocycles. The lowest BCUT2D eigenvalue weighted by Gasteiger charge is -2.25. The predicted molar refractivity (Wildman–Crippen MR) is 70.1 cm³/mol. The maximum absolute atomic E-state index is 5.82. The third kappa shape index (κ3) is 3.19. The summed E-state index contributed by atoms with van der Waals surface area (Å²) in [5, 5.41) is 0. The van der Waals surface area contributed by atoms with E-state index in [1.165, 1.54) is 0 Å². The standard InChI is InChI=1S/C15H20O3/c1-3-15(10-9-14(16-2)18-15)12-17-11-13-7-5-4-6-8-13/h3-8,14H,1,9-12H2,2H3/t14-,15-/m1/s1. The highest BCUT2D eigenvalue weighted by atomic mass is 16.7. The van der Waals surface area contributed by atoms with E-state index in [0.717, 1.165) is 18.4 Å². The van der Waals surface area contributed by atoms with E-state index in [9.17, 15) is 0 Å². The van der Waals surface area contributed by atoms with E-state index in [0.29, 0.717) is 13.2 Å². The molecule has 0 aliphatic carbocycles. The van der Waals surface area contributed by atoms with Crippen molar-refractivity contribution >= 4 is 0 Å². The molecule has 2 atom stereocenters. The van der Waals surface area contributed by atoms with Gasteiger partial charge in [-0.05, 0) is 12.0 Å². The van der Waals surface area contributed by atoms with Crippen molar-refractivity contribution < 1.29 is 14.2 Å². The van der Waals surface area contributed by atoms with Crippen LogP contribution in [-0.4, -0.2) is 25.6 Å². The van der Waals surface area contributed by atoms with Gasteiger partial charge in [-0.1, -0.05) is 36.4 Å². The molecular formula is C15H20O3. The molecule has 0 spiro atoms. The van der Waals surface area contributed by atoms with Crippen LogP contribution in [0.25, 0.3) is 0 Å². The monoisotopic (exact) mass is 248 g/mol. The Labute approximate surface area is 108 Å². The van der Waals surface area contributed by atoms with Gasteiger partial charge in [0.05, 0.1) is 13.2 Å². The van der Waals surface area contributed by atoms with Crippen molar-refractivity contribution in [3.05, 3.63) is 48.6 Å². The van der Waals surface area contributed by atoms with Crippen LogP contribution in [-0.2, 0) is 20.8 Å². The smallest absolute Gasteiger partial charge is 0.158 e.